The Morgan fingerprint density at radius 1 is 1.25 bits per heavy atom. The van der Waals surface area contributed by atoms with Crippen molar-refractivity contribution in [3.05, 3.63) is 34.9 Å². The Kier molecular flexibility index (Phi) is 5.18. The number of carbonyl (C=O) groups is 1. The van der Waals surface area contributed by atoms with Gasteiger partial charge in [-0.2, -0.15) is 0 Å². The van der Waals surface area contributed by atoms with Crippen LogP contribution in [-0.4, -0.2) is 23.7 Å². The van der Waals surface area contributed by atoms with E-state index >= 15 is 0 Å². The fraction of sp³-hybridized carbons (Fsp3) is 0.588. The van der Waals surface area contributed by atoms with E-state index in [1.54, 1.807) is 0 Å². The minimum absolute atomic E-state index is 0.0682. The van der Waals surface area contributed by atoms with Gasteiger partial charge in [-0.3, -0.25) is 4.79 Å². The van der Waals surface area contributed by atoms with Gasteiger partial charge < -0.3 is 10.4 Å². The Morgan fingerprint density at radius 2 is 2.00 bits per heavy atom. The van der Waals surface area contributed by atoms with E-state index < -0.39 is 0 Å². The summed E-state index contributed by atoms with van der Waals surface area (Å²) in [5, 5.41) is 12.5. The monoisotopic (exact) mass is 275 g/mol. The molecule has 0 aromatic heterocycles. The SMILES string of the molecule is Cc1ccc(CC(=O)NC2CCCCC2CO)cc1C. The Morgan fingerprint density at radius 3 is 2.70 bits per heavy atom. The van der Waals surface area contributed by atoms with Crippen LogP contribution in [0.15, 0.2) is 18.2 Å². The van der Waals surface area contributed by atoms with E-state index in [0.717, 1.165) is 31.2 Å². The van der Waals surface area contributed by atoms with Crippen LogP contribution in [0.1, 0.15) is 42.4 Å². The Hall–Kier alpha value is -1.35. The maximum atomic E-state index is 12.1. The highest BCUT2D eigenvalue weighted by molar-refractivity contribution is 5.79. The summed E-state index contributed by atoms with van der Waals surface area (Å²) in [5.41, 5.74) is 3.53. The average Bonchev–Trinajstić information content (AvgIpc) is 2.43. The van der Waals surface area contributed by atoms with E-state index in [1.165, 1.54) is 11.1 Å². The molecule has 1 aromatic carbocycles. The number of hydrogen-bond acceptors (Lipinski definition) is 2. The van der Waals surface area contributed by atoms with Gasteiger partial charge in [-0.1, -0.05) is 31.0 Å². The van der Waals surface area contributed by atoms with Crippen LogP contribution in [-0.2, 0) is 11.2 Å². The van der Waals surface area contributed by atoms with E-state index in [-0.39, 0.29) is 24.5 Å². The number of nitrogens with one attached hydrogen (secondary N) is 1. The smallest absolute Gasteiger partial charge is 0.224 e. The molecule has 2 rings (SSSR count). The molecule has 0 spiro atoms. The number of hydrogen-bond donors (Lipinski definition) is 2. The lowest BCUT2D eigenvalue weighted by atomic mass is 9.85. The van der Waals surface area contributed by atoms with Gasteiger partial charge in [-0.05, 0) is 43.4 Å². The molecule has 1 aliphatic carbocycles. The molecule has 3 nitrogen and oxygen atoms in total. The molecule has 1 aliphatic rings. The lowest BCUT2D eigenvalue weighted by Crippen LogP contribution is -2.44. The summed E-state index contributed by atoms with van der Waals surface area (Å²) < 4.78 is 0. The standard InChI is InChI=1S/C17H25NO2/c1-12-7-8-14(9-13(12)2)10-17(20)18-16-6-4-3-5-15(16)11-19/h7-9,15-16,19H,3-6,10-11H2,1-2H3,(H,18,20). The zero-order chi connectivity index (χ0) is 14.5. The van der Waals surface area contributed by atoms with Gasteiger partial charge in [0.2, 0.25) is 5.91 Å². The molecule has 0 aliphatic heterocycles. The molecular formula is C17H25NO2. The second kappa shape index (κ2) is 6.89. The van der Waals surface area contributed by atoms with E-state index in [9.17, 15) is 9.90 Å². The van der Waals surface area contributed by atoms with Gasteiger partial charge in [-0.15, -0.1) is 0 Å². The lowest BCUT2D eigenvalue weighted by Gasteiger charge is -2.30. The Balaban J connectivity index is 1.92. The highest BCUT2D eigenvalue weighted by Gasteiger charge is 2.25. The van der Waals surface area contributed by atoms with Crippen molar-refractivity contribution in [2.75, 3.05) is 6.61 Å². The van der Waals surface area contributed by atoms with Crippen molar-refractivity contribution < 1.29 is 9.90 Å². The fourth-order valence-electron chi connectivity index (χ4n) is 2.97. The summed E-state index contributed by atoms with van der Waals surface area (Å²) in [6, 6.07) is 6.31. The van der Waals surface area contributed by atoms with E-state index in [0.29, 0.717) is 6.42 Å². The van der Waals surface area contributed by atoms with Crippen LogP contribution in [0.4, 0.5) is 0 Å². The number of benzene rings is 1. The van der Waals surface area contributed by atoms with Crippen LogP contribution < -0.4 is 5.32 Å². The topological polar surface area (TPSA) is 49.3 Å². The van der Waals surface area contributed by atoms with Gasteiger partial charge in [0.25, 0.3) is 0 Å². The summed E-state index contributed by atoms with van der Waals surface area (Å²) in [5.74, 6) is 0.297. The summed E-state index contributed by atoms with van der Waals surface area (Å²) in [6.45, 7) is 4.32. The summed E-state index contributed by atoms with van der Waals surface area (Å²) in [6.07, 6.45) is 4.74. The minimum Gasteiger partial charge on any atom is -0.396 e. The molecule has 2 atom stereocenters. The van der Waals surface area contributed by atoms with Crippen molar-refractivity contribution in [3.8, 4) is 0 Å². The van der Waals surface area contributed by atoms with E-state index in [4.69, 9.17) is 0 Å². The minimum atomic E-state index is 0.0682. The van der Waals surface area contributed by atoms with Crippen molar-refractivity contribution in [1.29, 1.82) is 0 Å². The average molecular weight is 275 g/mol. The van der Waals surface area contributed by atoms with Gasteiger partial charge in [0.15, 0.2) is 0 Å². The third-order valence-electron chi connectivity index (χ3n) is 4.43. The molecule has 3 heteroatoms. The third-order valence-corrected chi connectivity index (χ3v) is 4.43. The number of carbonyl (C=O) groups excluding carboxylic acids is 1. The predicted octanol–water partition coefficient (Wildman–Crippen LogP) is 2.51. The van der Waals surface area contributed by atoms with Crippen LogP contribution in [0.2, 0.25) is 0 Å². The highest BCUT2D eigenvalue weighted by atomic mass is 16.3. The zero-order valence-corrected chi connectivity index (χ0v) is 12.5. The van der Waals surface area contributed by atoms with Crippen LogP contribution in [0.25, 0.3) is 0 Å². The summed E-state index contributed by atoms with van der Waals surface area (Å²) >= 11 is 0. The Labute approximate surface area is 121 Å². The molecule has 1 aromatic rings. The number of amides is 1. The van der Waals surface area contributed by atoms with E-state index in [2.05, 4.69) is 31.3 Å². The molecule has 1 fully saturated rings. The first kappa shape index (κ1) is 15.0. The molecule has 0 radical (unpaired) electrons. The quantitative estimate of drug-likeness (QED) is 0.887. The molecule has 110 valence electrons. The first-order chi connectivity index (χ1) is 9.60. The molecule has 2 unspecified atom stereocenters. The van der Waals surface area contributed by atoms with Crippen molar-refractivity contribution in [1.82, 2.24) is 5.32 Å². The summed E-state index contributed by atoms with van der Waals surface area (Å²) in [4.78, 5) is 12.1. The number of rotatable bonds is 4. The largest absolute Gasteiger partial charge is 0.396 e. The van der Waals surface area contributed by atoms with Gasteiger partial charge in [0, 0.05) is 18.6 Å². The number of aliphatic hydroxyl groups is 1. The van der Waals surface area contributed by atoms with Gasteiger partial charge >= 0.3 is 0 Å². The molecule has 1 saturated carbocycles. The zero-order valence-electron chi connectivity index (χ0n) is 12.5. The predicted molar refractivity (Wildman–Crippen MR) is 80.6 cm³/mol. The maximum Gasteiger partial charge on any atom is 0.224 e. The lowest BCUT2D eigenvalue weighted by molar-refractivity contribution is -0.121. The van der Waals surface area contributed by atoms with E-state index in [1.807, 2.05) is 6.07 Å². The van der Waals surface area contributed by atoms with Gasteiger partial charge in [-0.25, -0.2) is 0 Å². The summed E-state index contributed by atoms with van der Waals surface area (Å²) in [7, 11) is 0. The van der Waals surface area contributed by atoms with Crippen LogP contribution in [0.3, 0.4) is 0 Å². The molecule has 20 heavy (non-hydrogen) atoms. The first-order valence-electron chi connectivity index (χ1n) is 7.56. The van der Waals surface area contributed by atoms with Gasteiger partial charge in [0.05, 0.1) is 6.42 Å². The van der Waals surface area contributed by atoms with Crippen LogP contribution in [0, 0.1) is 19.8 Å². The van der Waals surface area contributed by atoms with Crippen molar-refractivity contribution in [3.63, 3.8) is 0 Å². The second-order valence-electron chi connectivity index (χ2n) is 6.00. The molecule has 1 amide bonds. The van der Waals surface area contributed by atoms with Crippen molar-refractivity contribution >= 4 is 5.91 Å². The first-order valence-corrected chi connectivity index (χ1v) is 7.56. The molecule has 2 N–H and O–H groups in total. The fourth-order valence-corrected chi connectivity index (χ4v) is 2.97. The van der Waals surface area contributed by atoms with Gasteiger partial charge in [0.1, 0.15) is 0 Å². The molecular weight excluding hydrogens is 250 g/mol. The molecule has 0 heterocycles. The molecule has 0 saturated heterocycles. The van der Waals surface area contributed by atoms with Crippen molar-refractivity contribution in [2.24, 2.45) is 5.92 Å². The number of aryl methyl sites for hydroxylation is 2. The second-order valence-corrected chi connectivity index (χ2v) is 6.00. The maximum absolute atomic E-state index is 12.1. The molecule has 0 bridgehead atoms. The third kappa shape index (κ3) is 3.83. The number of aliphatic hydroxyl groups excluding tert-OH is 1. The highest BCUT2D eigenvalue weighted by Crippen LogP contribution is 2.24. The van der Waals surface area contributed by atoms with Crippen molar-refractivity contribution in [2.45, 2.75) is 52.0 Å². The van der Waals surface area contributed by atoms with Crippen LogP contribution in [0.5, 0.6) is 0 Å². The normalized spacial score (nSPS) is 22.6. The Bertz CT molecular complexity index is 470. The van der Waals surface area contributed by atoms with Crippen LogP contribution >= 0.6 is 0 Å².